The van der Waals surface area contributed by atoms with Gasteiger partial charge in [0.15, 0.2) is 0 Å². The van der Waals surface area contributed by atoms with Crippen LogP contribution in [0.5, 0.6) is 0 Å². The van der Waals surface area contributed by atoms with Crippen LogP contribution in [0, 0.1) is 11.8 Å². The average molecular weight is 266 g/mol. The molecule has 0 aromatic carbocycles. The molecule has 0 unspecified atom stereocenters. The lowest BCUT2D eigenvalue weighted by Crippen LogP contribution is -2.56. The molecule has 2 aliphatic rings. The molecule has 0 heterocycles. The molecule has 0 aromatic heterocycles. The summed E-state index contributed by atoms with van der Waals surface area (Å²) in [6, 6.07) is 0. The van der Waals surface area contributed by atoms with Crippen molar-refractivity contribution in [2.24, 2.45) is 17.6 Å². The second-order valence-electron chi connectivity index (χ2n) is 7.00. The third kappa shape index (κ3) is 3.95. The molecule has 0 spiro atoms. The monoisotopic (exact) mass is 266 g/mol. The second-order valence-corrected chi connectivity index (χ2v) is 7.00. The Labute approximate surface area is 120 Å². The van der Waals surface area contributed by atoms with Crippen LogP contribution in [0.1, 0.15) is 71.6 Å². The molecule has 0 aliphatic heterocycles. The molecule has 0 aromatic rings. The summed E-state index contributed by atoms with van der Waals surface area (Å²) in [5.41, 5.74) is 6.58. The molecule has 0 amide bonds. The molecule has 2 saturated carbocycles. The summed E-state index contributed by atoms with van der Waals surface area (Å²) < 4.78 is 0. The number of hydrogen-bond donors (Lipinski definition) is 1. The summed E-state index contributed by atoms with van der Waals surface area (Å²) in [4.78, 5) is 2.78. The van der Waals surface area contributed by atoms with Gasteiger partial charge in [-0.1, -0.05) is 33.1 Å². The first-order chi connectivity index (χ1) is 9.24. The minimum atomic E-state index is 0.344. The molecule has 2 aliphatic carbocycles. The Morgan fingerprint density at radius 1 is 1.00 bits per heavy atom. The highest BCUT2D eigenvalue weighted by Crippen LogP contribution is 2.39. The van der Waals surface area contributed by atoms with Crippen molar-refractivity contribution in [3.05, 3.63) is 0 Å². The van der Waals surface area contributed by atoms with Crippen LogP contribution in [-0.2, 0) is 0 Å². The number of hydrogen-bond acceptors (Lipinski definition) is 2. The van der Waals surface area contributed by atoms with Gasteiger partial charge < -0.3 is 5.73 Å². The van der Waals surface area contributed by atoms with Crippen LogP contribution in [-0.4, -0.2) is 30.1 Å². The van der Waals surface area contributed by atoms with Crippen LogP contribution in [0.3, 0.4) is 0 Å². The van der Waals surface area contributed by atoms with Crippen molar-refractivity contribution in [1.29, 1.82) is 0 Å². The van der Waals surface area contributed by atoms with E-state index in [1.807, 2.05) is 0 Å². The molecule has 0 radical (unpaired) electrons. The number of nitrogens with zero attached hydrogens (tertiary/aromatic N) is 1. The molecule has 2 nitrogen and oxygen atoms in total. The zero-order valence-corrected chi connectivity index (χ0v) is 13.2. The summed E-state index contributed by atoms with van der Waals surface area (Å²) in [6.07, 6.45) is 12.5. The summed E-state index contributed by atoms with van der Waals surface area (Å²) in [7, 11) is 0. The fraction of sp³-hybridized carbons (Fsp3) is 1.00. The van der Waals surface area contributed by atoms with Gasteiger partial charge in [-0.05, 0) is 63.5 Å². The molecule has 2 heteroatoms. The van der Waals surface area contributed by atoms with E-state index in [1.165, 1.54) is 70.9 Å². The summed E-state index contributed by atoms with van der Waals surface area (Å²) in [5.74, 6) is 2.01. The van der Waals surface area contributed by atoms with Crippen molar-refractivity contribution >= 4 is 0 Å². The molecule has 19 heavy (non-hydrogen) atoms. The normalized spacial score (nSPS) is 31.9. The Balaban J connectivity index is 1.93. The smallest absolute Gasteiger partial charge is 0.0331 e. The van der Waals surface area contributed by atoms with Gasteiger partial charge in [0.2, 0.25) is 0 Å². The van der Waals surface area contributed by atoms with Crippen LogP contribution >= 0.6 is 0 Å². The fourth-order valence-electron chi connectivity index (χ4n) is 3.87. The van der Waals surface area contributed by atoms with Gasteiger partial charge >= 0.3 is 0 Å². The zero-order chi connectivity index (χ0) is 13.7. The largest absolute Gasteiger partial charge is 0.329 e. The Kier molecular flexibility index (Phi) is 5.70. The third-order valence-corrected chi connectivity index (χ3v) is 5.66. The van der Waals surface area contributed by atoms with Crippen LogP contribution in [0.2, 0.25) is 0 Å². The maximum atomic E-state index is 6.24. The fourth-order valence-corrected chi connectivity index (χ4v) is 3.87. The van der Waals surface area contributed by atoms with Crippen molar-refractivity contribution < 1.29 is 0 Å². The van der Waals surface area contributed by atoms with Gasteiger partial charge in [-0.3, -0.25) is 4.90 Å². The van der Waals surface area contributed by atoms with Gasteiger partial charge in [0.1, 0.15) is 0 Å². The van der Waals surface area contributed by atoms with Crippen molar-refractivity contribution in [2.45, 2.75) is 77.2 Å². The SMILES string of the molecule is CCCN(CCC1CC1)C1(CN)CCC(CC)CC1. The maximum Gasteiger partial charge on any atom is 0.0331 e. The van der Waals surface area contributed by atoms with E-state index in [4.69, 9.17) is 5.73 Å². The van der Waals surface area contributed by atoms with E-state index < -0.39 is 0 Å². The molecule has 0 atom stereocenters. The Morgan fingerprint density at radius 2 is 1.68 bits per heavy atom. The van der Waals surface area contributed by atoms with E-state index in [2.05, 4.69) is 18.7 Å². The van der Waals surface area contributed by atoms with Gasteiger partial charge in [-0.15, -0.1) is 0 Å². The molecule has 2 rings (SSSR count). The molecule has 2 fully saturated rings. The predicted molar refractivity (Wildman–Crippen MR) is 83.2 cm³/mol. The highest BCUT2D eigenvalue weighted by atomic mass is 15.2. The lowest BCUT2D eigenvalue weighted by Gasteiger charge is -2.48. The number of rotatable bonds is 8. The van der Waals surface area contributed by atoms with Crippen LogP contribution < -0.4 is 5.73 Å². The molecule has 0 saturated heterocycles. The Hall–Kier alpha value is -0.0800. The van der Waals surface area contributed by atoms with E-state index in [0.29, 0.717) is 5.54 Å². The predicted octanol–water partition coefficient (Wildman–Crippen LogP) is 3.80. The minimum Gasteiger partial charge on any atom is -0.329 e. The van der Waals surface area contributed by atoms with Crippen LogP contribution in [0.15, 0.2) is 0 Å². The topological polar surface area (TPSA) is 29.3 Å². The second kappa shape index (κ2) is 7.08. The van der Waals surface area contributed by atoms with E-state index >= 15 is 0 Å². The lowest BCUT2D eigenvalue weighted by atomic mass is 9.74. The van der Waals surface area contributed by atoms with Gasteiger partial charge in [0.05, 0.1) is 0 Å². The number of nitrogens with two attached hydrogens (primary N) is 1. The van der Waals surface area contributed by atoms with E-state index in [-0.39, 0.29) is 0 Å². The lowest BCUT2D eigenvalue weighted by molar-refractivity contribution is 0.0392. The Bertz CT molecular complexity index is 252. The standard InChI is InChI=1S/C17H34N2/c1-3-12-19(13-9-16-5-6-16)17(14-18)10-7-15(4-2)8-11-17/h15-16H,3-14,18H2,1-2H3. The molecular weight excluding hydrogens is 232 g/mol. The first-order valence-electron chi connectivity index (χ1n) is 8.69. The average Bonchev–Trinajstić information content (AvgIpc) is 3.27. The molecule has 2 N–H and O–H groups in total. The van der Waals surface area contributed by atoms with Gasteiger partial charge in [-0.2, -0.15) is 0 Å². The van der Waals surface area contributed by atoms with Gasteiger partial charge in [-0.25, -0.2) is 0 Å². The van der Waals surface area contributed by atoms with Crippen molar-refractivity contribution in [3.63, 3.8) is 0 Å². The quantitative estimate of drug-likeness (QED) is 0.724. The molecule has 0 bridgehead atoms. The maximum absolute atomic E-state index is 6.24. The van der Waals surface area contributed by atoms with Crippen LogP contribution in [0.25, 0.3) is 0 Å². The Morgan fingerprint density at radius 3 is 2.16 bits per heavy atom. The highest BCUT2D eigenvalue weighted by Gasteiger charge is 2.38. The molecular formula is C17H34N2. The summed E-state index contributed by atoms with van der Waals surface area (Å²) >= 11 is 0. The minimum absolute atomic E-state index is 0.344. The van der Waals surface area contributed by atoms with Crippen molar-refractivity contribution in [3.8, 4) is 0 Å². The summed E-state index contributed by atoms with van der Waals surface area (Å²) in [6.45, 7) is 8.07. The first-order valence-corrected chi connectivity index (χ1v) is 8.69. The highest BCUT2D eigenvalue weighted by molar-refractivity contribution is 4.96. The summed E-state index contributed by atoms with van der Waals surface area (Å²) in [5, 5.41) is 0. The van der Waals surface area contributed by atoms with Gasteiger partial charge in [0.25, 0.3) is 0 Å². The van der Waals surface area contributed by atoms with E-state index in [1.54, 1.807) is 0 Å². The van der Waals surface area contributed by atoms with E-state index in [9.17, 15) is 0 Å². The molecule has 112 valence electrons. The first kappa shape index (κ1) is 15.3. The van der Waals surface area contributed by atoms with Crippen LogP contribution in [0.4, 0.5) is 0 Å². The van der Waals surface area contributed by atoms with E-state index in [0.717, 1.165) is 18.4 Å². The van der Waals surface area contributed by atoms with Gasteiger partial charge in [0, 0.05) is 12.1 Å². The van der Waals surface area contributed by atoms with Crippen molar-refractivity contribution in [2.75, 3.05) is 19.6 Å². The zero-order valence-electron chi connectivity index (χ0n) is 13.2. The third-order valence-electron chi connectivity index (χ3n) is 5.66. The van der Waals surface area contributed by atoms with Crippen molar-refractivity contribution in [1.82, 2.24) is 4.90 Å².